The lowest BCUT2D eigenvalue weighted by Gasteiger charge is -2.10. The van der Waals surface area contributed by atoms with Crippen molar-refractivity contribution in [2.24, 2.45) is 0 Å². The number of hydrogen-bond acceptors (Lipinski definition) is 4. The molecule has 0 saturated heterocycles. The summed E-state index contributed by atoms with van der Waals surface area (Å²) in [6, 6.07) is 21.7. The normalized spacial score (nSPS) is 10.4. The largest absolute Gasteiger partial charge is 0.487 e. The SMILES string of the molecule is O=Cc1ccc(COc2cc(I)c(Cl)cc2Cl)cc1.OCc1ccc(COc2cc(I)c(Cl)cc2Cl)cc1. The van der Waals surface area contributed by atoms with Gasteiger partial charge in [0.1, 0.15) is 31.0 Å². The molecule has 4 aromatic rings. The summed E-state index contributed by atoms with van der Waals surface area (Å²) in [4.78, 5) is 10.5. The van der Waals surface area contributed by atoms with Crippen LogP contribution in [0.4, 0.5) is 0 Å². The van der Waals surface area contributed by atoms with E-state index in [2.05, 4.69) is 45.2 Å². The summed E-state index contributed by atoms with van der Waals surface area (Å²) < 4.78 is 13.1. The number of benzene rings is 4. The van der Waals surface area contributed by atoms with Crippen molar-refractivity contribution in [1.82, 2.24) is 0 Å². The Bertz CT molecular complexity index is 1380. The maximum Gasteiger partial charge on any atom is 0.150 e. The first kappa shape index (κ1) is 31.3. The zero-order chi connectivity index (χ0) is 27.7. The van der Waals surface area contributed by atoms with Crippen molar-refractivity contribution in [2.75, 3.05) is 0 Å². The van der Waals surface area contributed by atoms with Crippen molar-refractivity contribution in [3.63, 3.8) is 0 Å². The Hall–Kier alpha value is -1.27. The first-order valence-electron chi connectivity index (χ1n) is 11.0. The smallest absolute Gasteiger partial charge is 0.150 e. The minimum absolute atomic E-state index is 0.0440. The molecule has 4 aromatic carbocycles. The molecule has 4 nitrogen and oxygen atoms in total. The molecule has 38 heavy (non-hydrogen) atoms. The highest BCUT2D eigenvalue weighted by Gasteiger charge is 2.08. The van der Waals surface area contributed by atoms with E-state index in [4.69, 9.17) is 61.0 Å². The zero-order valence-corrected chi connectivity index (χ0v) is 26.9. The molecule has 0 atom stereocenters. The second-order valence-corrected chi connectivity index (χ2v) is 11.8. The van der Waals surface area contributed by atoms with E-state index in [-0.39, 0.29) is 6.61 Å². The Kier molecular flexibility index (Phi) is 12.8. The van der Waals surface area contributed by atoms with E-state index in [9.17, 15) is 4.79 Å². The molecule has 0 spiro atoms. The minimum Gasteiger partial charge on any atom is -0.487 e. The van der Waals surface area contributed by atoms with E-state index in [1.165, 1.54) is 0 Å². The third kappa shape index (κ3) is 9.43. The Morgan fingerprint density at radius 1 is 0.632 bits per heavy atom. The zero-order valence-electron chi connectivity index (χ0n) is 19.6. The van der Waals surface area contributed by atoms with Crippen molar-refractivity contribution < 1.29 is 19.4 Å². The van der Waals surface area contributed by atoms with Gasteiger partial charge in [-0.1, -0.05) is 94.9 Å². The highest BCUT2D eigenvalue weighted by Crippen LogP contribution is 2.33. The average molecular weight is 816 g/mol. The summed E-state index contributed by atoms with van der Waals surface area (Å²) in [5.74, 6) is 1.21. The molecule has 0 aliphatic rings. The fourth-order valence-electron chi connectivity index (χ4n) is 2.99. The number of aliphatic hydroxyl groups is 1. The molecule has 0 radical (unpaired) electrons. The van der Waals surface area contributed by atoms with Crippen LogP contribution >= 0.6 is 91.6 Å². The molecule has 0 bridgehead atoms. The van der Waals surface area contributed by atoms with Crippen molar-refractivity contribution in [2.45, 2.75) is 19.8 Å². The average Bonchev–Trinajstić information content (AvgIpc) is 2.92. The Balaban J connectivity index is 0.000000211. The molecular weight excluding hydrogens is 796 g/mol. The molecule has 0 unspecified atom stereocenters. The molecule has 1 N–H and O–H groups in total. The lowest BCUT2D eigenvalue weighted by Crippen LogP contribution is -1.97. The summed E-state index contributed by atoms with van der Waals surface area (Å²) in [5.41, 5.74) is 3.50. The van der Waals surface area contributed by atoms with Gasteiger partial charge in [0.05, 0.1) is 26.7 Å². The molecule has 0 fully saturated rings. The van der Waals surface area contributed by atoms with Gasteiger partial charge in [-0.3, -0.25) is 4.79 Å². The molecule has 0 aliphatic carbocycles. The van der Waals surface area contributed by atoms with E-state index < -0.39 is 0 Å². The Morgan fingerprint density at radius 2 is 1.03 bits per heavy atom. The molecule has 198 valence electrons. The van der Waals surface area contributed by atoms with E-state index >= 15 is 0 Å². The number of carbonyl (C=O) groups is 1. The van der Waals surface area contributed by atoms with Crippen LogP contribution in [0, 0.1) is 7.14 Å². The molecule has 0 aliphatic heterocycles. The number of carbonyl (C=O) groups excluding carboxylic acids is 1. The second-order valence-electron chi connectivity index (χ2n) is 7.80. The summed E-state index contributed by atoms with van der Waals surface area (Å²) in [6.07, 6.45) is 0.809. The molecule has 4 rings (SSSR count). The van der Waals surface area contributed by atoms with Crippen molar-refractivity contribution >= 4 is 97.9 Å². The monoisotopic (exact) mass is 814 g/mol. The van der Waals surface area contributed by atoms with Gasteiger partial charge in [-0.15, -0.1) is 0 Å². The maximum atomic E-state index is 10.5. The highest BCUT2D eigenvalue weighted by atomic mass is 127. The fraction of sp³-hybridized carbons (Fsp3) is 0.107. The third-order valence-corrected chi connectivity index (χ3v) is 8.70. The number of aliphatic hydroxyl groups excluding tert-OH is 1. The quantitative estimate of drug-likeness (QED) is 0.109. The standard InChI is InChI=1S/C14H11Cl2IO2.C14H9Cl2IO2/c2*15-11-5-12(16)14(6-13(11)17)19-8-10-3-1-9(7-18)2-4-10/h1-6,18H,7-8H2;1-7H,8H2. The van der Waals surface area contributed by atoms with Crippen LogP contribution in [0.15, 0.2) is 72.8 Å². The maximum absolute atomic E-state index is 10.5. The van der Waals surface area contributed by atoms with E-state index in [0.717, 1.165) is 30.1 Å². The number of aldehydes is 1. The Morgan fingerprint density at radius 3 is 1.42 bits per heavy atom. The first-order valence-corrected chi connectivity index (χ1v) is 14.6. The lowest BCUT2D eigenvalue weighted by atomic mass is 10.1. The van der Waals surface area contributed by atoms with E-state index in [1.54, 1.807) is 30.3 Å². The van der Waals surface area contributed by atoms with Crippen LogP contribution in [0.2, 0.25) is 20.1 Å². The number of ether oxygens (including phenoxy) is 2. The van der Waals surface area contributed by atoms with Crippen LogP contribution in [0.3, 0.4) is 0 Å². The van der Waals surface area contributed by atoms with Crippen LogP contribution in [-0.4, -0.2) is 11.4 Å². The van der Waals surface area contributed by atoms with Gasteiger partial charge in [-0.2, -0.15) is 0 Å². The second kappa shape index (κ2) is 15.5. The predicted octanol–water partition coefficient (Wildman–Crippen LogP) is 9.66. The van der Waals surface area contributed by atoms with Crippen LogP contribution in [0.5, 0.6) is 11.5 Å². The van der Waals surface area contributed by atoms with Crippen molar-refractivity contribution in [3.8, 4) is 11.5 Å². The summed E-state index contributed by atoms with van der Waals surface area (Å²) >= 11 is 28.3. The predicted molar refractivity (Wildman–Crippen MR) is 171 cm³/mol. The van der Waals surface area contributed by atoms with Gasteiger partial charge in [-0.25, -0.2) is 0 Å². The number of rotatable bonds is 8. The molecule has 0 heterocycles. The third-order valence-electron chi connectivity index (χ3n) is 5.06. The van der Waals surface area contributed by atoms with Crippen molar-refractivity contribution in [1.29, 1.82) is 0 Å². The van der Waals surface area contributed by atoms with Gasteiger partial charge in [0.2, 0.25) is 0 Å². The molecule has 0 amide bonds. The summed E-state index contributed by atoms with van der Waals surface area (Å²) in [5, 5.41) is 11.2. The first-order chi connectivity index (χ1) is 18.2. The van der Waals surface area contributed by atoms with Gasteiger partial charge >= 0.3 is 0 Å². The number of hydrogen-bond donors (Lipinski definition) is 1. The summed E-state index contributed by atoms with van der Waals surface area (Å²) in [7, 11) is 0. The van der Waals surface area contributed by atoms with Crippen LogP contribution in [0.25, 0.3) is 0 Å². The van der Waals surface area contributed by atoms with E-state index in [0.29, 0.717) is 50.4 Å². The van der Waals surface area contributed by atoms with Crippen LogP contribution in [-0.2, 0) is 19.8 Å². The van der Waals surface area contributed by atoms with Gasteiger partial charge in [0, 0.05) is 12.7 Å². The van der Waals surface area contributed by atoms with E-state index in [1.807, 2.05) is 42.5 Å². The van der Waals surface area contributed by atoms with Gasteiger partial charge in [0.15, 0.2) is 0 Å². The van der Waals surface area contributed by atoms with Gasteiger partial charge < -0.3 is 14.6 Å². The van der Waals surface area contributed by atoms with Crippen LogP contribution in [0.1, 0.15) is 27.0 Å². The number of halogens is 6. The molecule has 0 saturated carbocycles. The molecule has 0 aromatic heterocycles. The van der Waals surface area contributed by atoms with Crippen molar-refractivity contribution in [3.05, 3.63) is 122 Å². The van der Waals surface area contributed by atoms with Crippen LogP contribution < -0.4 is 9.47 Å². The minimum atomic E-state index is 0.0440. The van der Waals surface area contributed by atoms with Gasteiger partial charge in [0.25, 0.3) is 0 Å². The highest BCUT2D eigenvalue weighted by molar-refractivity contribution is 14.1. The Labute approximate surface area is 268 Å². The molecule has 10 heteroatoms. The fourth-order valence-corrected chi connectivity index (χ4v) is 4.74. The lowest BCUT2D eigenvalue weighted by molar-refractivity contribution is 0.112. The molecular formula is C28H20Cl4I2O4. The summed E-state index contributed by atoms with van der Waals surface area (Å²) in [6.45, 7) is 0.849. The van der Waals surface area contributed by atoms with Gasteiger partial charge in [-0.05, 0) is 86.1 Å². The topological polar surface area (TPSA) is 55.8 Å².